The van der Waals surface area contributed by atoms with E-state index >= 15 is 0 Å². The van der Waals surface area contributed by atoms with Crippen molar-refractivity contribution in [3.8, 4) is 0 Å². The fraction of sp³-hybridized carbons (Fsp3) is 0.581. The number of fused-ring (bicyclic) bond motifs is 1. The van der Waals surface area contributed by atoms with Gasteiger partial charge in [0.2, 0.25) is 5.91 Å². The average molecular weight is 488 g/mol. The number of hydrogen-bond acceptors (Lipinski definition) is 4. The van der Waals surface area contributed by atoms with Crippen molar-refractivity contribution in [3.05, 3.63) is 49.5 Å². The Hall–Kier alpha value is -2.40. The molecule has 4 aliphatic rings. The van der Waals surface area contributed by atoms with Gasteiger partial charge in [-0.1, -0.05) is 26.0 Å². The maximum absolute atomic E-state index is 13.2. The molecule has 4 bridgehead atoms. The van der Waals surface area contributed by atoms with Gasteiger partial charge in [0.25, 0.3) is 0 Å². The Kier molecular flexibility index (Phi) is 7.39. The summed E-state index contributed by atoms with van der Waals surface area (Å²) in [6.45, 7) is 12.2. The van der Waals surface area contributed by atoms with E-state index in [4.69, 9.17) is 4.98 Å². The van der Waals surface area contributed by atoms with Gasteiger partial charge in [-0.15, -0.1) is 6.58 Å². The number of nitrogens with one attached hydrogen (secondary N) is 3. The zero-order chi connectivity index (χ0) is 25.2. The van der Waals surface area contributed by atoms with Gasteiger partial charge in [0.05, 0.1) is 11.2 Å². The smallest absolute Gasteiger partial charge is 0.224 e. The Morgan fingerprint density at radius 3 is 2.50 bits per heavy atom. The summed E-state index contributed by atoms with van der Waals surface area (Å²) in [6, 6.07) is 10.1. The summed E-state index contributed by atoms with van der Waals surface area (Å²) in [7, 11) is 0. The molecule has 1 amide bonds. The normalized spacial score (nSPS) is 26.8. The van der Waals surface area contributed by atoms with Crippen molar-refractivity contribution in [1.82, 2.24) is 10.3 Å². The van der Waals surface area contributed by atoms with Crippen LogP contribution in [0.3, 0.4) is 0 Å². The first-order valence-electron chi connectivity index (χ1n) is 14.0. The molecule has 0 saturated heterocycles. The molecule has 6 rings (SSSR count). The van der Waals surface area contributed by atoms with Crippen LogP contribution in [0.25, 0.3) is 10.9 Å². The van der Waals surface area contributed by atoms with Crippen molar-refractivity contribution in [2.24, 2.45) is 28.6 Å². The molecule has 0 atom stereocenters. The van der Waals surface area contributed by atoms with Gasteiger partial charge in [-0.05, 0) is 111 Å². The number of pyridine rings is 1. The second-order valence-corrected chi connectivity index (χ2v) is 12.6. The minimum Gasteiger partial charge on any atom is -0.370 e. The first-order chi connectivity index (χ1) is 17.3. The molecule has 1 heterocycles. The number of carbonyl (C=O) groups excluding carboxylic acids is 1. The monoisotopic (exact) mass is 487 g/mol. The lowest BCUT2D eigenvalue weighted by Crippen LogP contribution is -2.47. The van der Waals surface area contributed by atoms with Crippen LogP contribution in [0.15, 0.2) is 43.0 Å². The minimum absolute atomic E-state index is 0.122. The van der Waals surface area contributed by atoms with Crippen molar-refractivity contribution >= 4 is 28.3 Å². The van der Waals surface area contributed by atoms with Crippen molar-refractivity contribution in [1.29, 1.82) is 0 Å². The van der Waals surface area contributed by atoms with Crippen LogP contribution in [-0.4, -0.2) is 24.0 Å². The number of carbonyl (C=O) groups is 1. The summed E-state index contributed by atoms with van der Waals surface area (Å²) in [4.78, 5) is 18.0. The number of benzene rings is 1. The van der Waals surface area contributed by atoms with Gasteiger partial charge in [-0.25, -0.2) is 4.98 Å². The highest BCUT2D eigenvalue weighted by molar-refractivity contribution is 6.01. The highest BCUT2D eigenvalue weighted by atomic mass is 16.1. The third-order valence-electron chi connectivity index (χ3n) is 8.67. The summed E-state index contributed by atoms with van der Waals surface area (Å²) < 4.78 is 0. The molecule has 36 heavy (non-hydrogen) atoms. The van der Waals surface area contributed by atoms with Gasteiger partial charge in [-0.3, -0.25) is 4.79 Å². The van der Waals surface area contributed by atoms with Crippen molar-refractivity contribution < 1.29 is 4.79 Å². The first kappa shape index (κ1) is 25.3. The Bertz CT molecular complexity index is 1060. The number of hydrogen-bond donors (Lipinski definition) is 3. The molecule has 0 spiro atoms. The molecular weight excluding hydrogens is 444 g/mol. The minimum atomic E-state index is 0.122. The van der Waals surface area contributed by atoms with Gasteiger partial charge in [0.1, 0.15) is 5.82 Å². The van der Waals surface area contributed by atoms with E-state index in [9.17, 15) is 4.79 Å². The Labute approximate surface area is 216 Å². The highest BCUT2D eigenvalue weighted by Gasteiger charge is 2.51. The van der Waals surface area contributed by atoms with Gasteiger partial charge < -0.3 is 16.0 Å². The predicted octanol–water partition coefficient (Wildman–Crippen LogP) is 6.94. The predicted molar refractivity (Wildman–Crippen MR) is 150 cm³/mol. The molecule has 1 radical (unpaired) electrons. The SMILES string of the molecule is C=CCC(C)(C)[CH]NCCCNc1ccc2c(NC(=O)CC34CC5CC(CC(C5)C3)C4)cccc2n1. The maximum atomic E-state index is 13.2. The quantitative estimate of drug-likeness (QED) is 0.224. The number of allylic oxidation sites excluding steroid dienone is 1. The Balaban J connectivity index is 1.13. The van der Waals surface area contributed by atoms with E-state index in [1.54, 1.807) is 0 Å². The third-order valence-corrected chi connectivity index (χ3v) is 8.67. The van der Waals surface area contributed by atoms with E-state index in [0.29, 0.717) is 6.42 Å². The molecule has 4 aliphatic carbocycles. The molecule has 0 aliphatic heterocycles. The van der Waals surface area contributed by atoms with E-state index < -0.39 is 0 Å². The fourth-order valence-corrected chi connectivity index (χ4v) is 7.59. The van der Waals surface area contributed by atoms with Crippen LogP contribution >= 0.6 is 0 Å². The second kappa shape index (κ2) is 10.5. The second-order valence-electron chi connectivity index (χ2n) is 12.6. The van der Waals surface area contributed by atoms with Crippen LogP contribution in [0.5, 0.6) is 0 Å². The molecule has 3 N–H and O–H groups in total. The summed E-state index contributed by atoms with van der Waals surface area (Å²) in [5, 5.41) is 11.1. The number of anilines is 2. The van der Waals surface area contributed by atoms with Crippen molar-refractivity contribution in [2.75, 3.05) is 23.7 Å². The molecule has 1 aromatic heterocycles. The average Bonchev–Trinajstić information content (AvgIpc) is 2.80. The lowest BCUT2D eigenvalue weighted by atomic mass is 9.49. The van der Waals surface area contributed by atoms with E-state index in [2.05, 4.69) is 49.0 Å². The van der Waals surface area contributed by atoms with Gasteiger partial charge >= 0.3 is 0 Å². The third kappa shape index (κ3) is 5.94. The fourth-order valence-electron chi connectivity index (χ4n) is 7.59. The highest BCUT2D eigenvalue weighted by Crippen LogP contribution is 2.61. The summed E-state index contributed by atoms with van der Waals surface area (Å²) >= 11 is 0. The van der Waals surface area contributed by atoms with Crippen molar-refractivity contribution in [3.63, 3.8) is 0 Å². The zero-order valence-electron chi connectivity index (χ0n) is 22.1. The van der Waals surface area contributed by atoms with Crippen LogP contribution in [-0.2, 0) is 4.79 Å². The van der Waals surface area contributed by atoms with Crippen LogP contribution < -0.4 is 16.0 Å². The summed E-state index contributed by atoms with van der Waals surface area (Å²) in [5.41, 5.74) is 2.16. The Morgan fingerprint density at radius 1 is 1.08 bits per heavy atom. The van der Waals surface area contributed by atoms with Crippen LogP contribution in [0, 0.1) is 35.1 Å². The van der Waals surface area contributed by atoms with Crippen LogP contribution in [0.2, 0.25) is 0 Å². The maximum Gasteiger partial charge on any atom is 0.224 e. The van der Waals surface area contributed by atoms with Gasteiger partial charge in [-0.2, -0.15) is 0 Å². The molecule has 193 valence electrons. The zero-order valence-corrected chi connectivity index (χ0v) is 22.1. The molecule has 0 unspecified atom stereocenters. The van der Waals surface area contributed by atoms with Gasteiger partial charge in [0.15, 0.2) is 0 Å². The molecule has 5 nitrogen and oxygen atoms in total. The van der Waals surface area contributed by atoms with E-state index in [1.165, 1.54) is 38.5 Å². The van der Waals surface area contributed by atoms with Crippen molar-refractivity contribution in [2.45, 2.75) is 71.6 Å². The number of amides is 1. The van der Waals surface area contributed by atoms with Gasteiger partial charge in [0, 0.05) is 24.9 Å². The largest absolute Gasteiger partial charge is 0.370 e. The number of rotatable bonds is 12. The van der Waals surface area contributed by atoms with Crippen LogP contribution in [0.4, 0.5) is 11.5 Å². The Morgan fingerprint density at radius 2 is 1.81 bits per heavy atom. The lowest BCUT2D eigenvalue weighted by Gasteiger charge is -2.56. The number of nitrogens with zero attached hydrogens (tertiary/aromatic N) is 1. The molecule has 5 heteroatoms. The number of aromatic nitrogens is 1. The van der Waals surface area contributed by atoms with E-state index in [1.807, 2.05) is 30.3 Å². The summed E-state index contributed by atoms with van der Waals surface area (Å²) in [6.07, 6.45) is 12.6. The van der Waals surface area contributed by atoms with E-state index in [-0.39, 0.29) is 16.7 Å². The summed E-state index contributed by atoms with van der Waals surface area (Å²) in [5.74, 6) is 3.65. The topological polar surface area (TPSA) is 66.0 Å². The lowest BCUT2D eigenvalue weighted by molar-refractivity contribution is -0.124. The standard InChI is InChI=1S/C31H43N4O/c1-4-11-30(2,3)21-32-12-6-13-33-28-10-9-25-26(34-28)7-5-8-27(25)35-29(36)20-31-17-22-14-23(18-31)16-24(15-22)19-31/h4-5,7-10,21-24,32H,1,6,11-20H2,2-3H3,(H,33,34)(H,35,36). The molecule has 2 aromatic rings. The molecule has 1 aromatic carbocycles. The first-order valence-corrected chi connectivity index (χ1v) is 14.0. The van der Waals surface area contributed by atoms with E-state index in [0.717, 1.165) is 66.1 Å². The molecule has 4 fully saturated rings. The molecule has 4 saturated carbocycles. The van der Waals surface area contributed by atoms with Crippen LogP contribution in [0.1, 0.15) is 71.6 Å². The molecular formula is C31H43N4O.